The van der Waals surface area contributed by atoms with Crippen molar-refractivity contribution in [1.29, 1.82) is 0 Å². The molecule has 1 N–H and O–H groups in total. The molecule has 3 unspecified atom stereocenters. The van der Waals surface area contributed by atoms with Gasteiger partial charge in [-0.15, -0.1) is 0 Å². The number of fused-ring (bicyclic) bond motifs is 1. The van der Waals surface area contributed by atoms with E-state index in [9.17, 15) is 0 Å². The first-order chi connectivity index (χ1) is 9.90. The predicted molar refractivity (Wildman–Crippen MR) is 73.8 cm³/mol. The largest absolute Gasteiger partial charge is 0.337 e. The molecule has 0 bridgehead atoms. The summed E-state index contributed by atoms with van der Waals surface area (Å²) in [6.07, 6.45) is 8.17. The van der Waals surface area contributed by atoms with E-state index in [2.05, 4.69) is 20.4 Å². The van der Waals surface area contributed by atoms with Crippen molar-refractivity contribution in [2.24, 2.45) is 5.92 Å². The Labute approximate surface area is 117 Å². The molecule has 2 aromatic heterocycles. The predicted octanol–water partition coefficient (Wildman–Crippen LogP) is 2.72. The third-order valence-corrected chi connectivity index (χ3v) is 4.50. The lowest BCUT2D eigenvalue weighted by Gasteiger charge is -2.24. The van der Waals surface area contributed by atoms with Crippen molar-refractivity contribution in [2.75, 3.05) is 0 Å². The lowest BCUT2D eigenvalue weighted by atomic mass is 9.85. The SMILES string of the molecule is c1ccc(-c2noc(C3CC4CCCCC4N3)n2)nc1. The number of nitrogens with one attached hydrogen (secondary N) is 1. The third kappa shape index (κ3) is 2.12. The molecule has 2 fully saturated rings. The number of hydrogen-bond donors (Lipinski definition) is 1. The van der Waals surface area contributed by atoms with Crippen molar-refractivity contribution in [3.63, 3.8) is 0 Å². The van der Waals surface area contributed by atoms with E-state index in [0.29, 0.717) is 17.8 Å². The van der Waals surface area contributed by atoms with Crippen LogP contribution < -0.4 is 5.32 Å². The molecule has 3 heterocycles. The topological polar surface area (TPSA) is 63.8 Å². The standard InChI is InChI=1S/C15H18N4O/c1-2-6-11-10(5-1)9-13(17-11)15-18-14(19-20-15)12-7-3-4-8-16-12/h3-4,7-8,10-11,13,17H,1-2,5-6,9H2. The van der Waals surface area contributed by atoms with E-state index >= 15 is 0 Å². The Morgan fingerprint density at radius 3 is 3.00 bits per heavy atom. The van der Waals surface area contributed by atoms with E-state index in [1.165, 1.54) is 25.7 Å². The summed E-state index contributed by atoms with van der Waals surface area (Å²) in [6, 6.07) is 6.57. The van der Waals surface area contributed by atoms with Crippen LogP contribution in [0.5, 0.6) is 0 Å². The number of pyridine rings is 1. The van der Waals surface area contributed by atoms with Crippen molar-refractivity contribution >= 4 is 0 Å². The molecule has 5 nitrogen and oxygen atoms in total. The van der Waals surface area contributed by atoms with Gasteiger partial charge in [-0.3, -0.25) is 4.98 Å². The molecule has 4 rings (SSSR count). The van der Waals surface area contributed by atoms with E-state index in [-0.39, 0.29) is 6.04 Å². The number of hydrogen-bond acceptors (Lipinski definition) is 5. The van der Waals surface area contributed by atoms with Gasteiger partial charge in [-0.1, -0.05) is 24.1 Å². The van der Waals surface area contributed by atoms with Gasteiger partial charge in [0.25, 0.3) is 0 Å². The zero-order valence-corrected chi connectivity index (χ0v) is 11.3. The molecule has 2 aromatic rings. The molecular formula is C15H18N4O. The first kappa shape index (κ1) is 12.0. The monoisotopic (exact) mass is 270 g/mol. The van der Waals surface area contributed by atoms with Crippen molar-refractivity contribution < 1.29 is 4.52 Å². The highest BCUT2D eigenvalue weighted by atomic mass is 16.5. The Balaban J connectivity index is 1.54. The fourth-order valence-corrected chi connectivity index (χ4v) is 3.49. The zero-order chi connectivity index (χ0) is 13.4. The van der Waals surface area contributed by atoms with Crippen LogP contribution in [-0.4, -0.2) is 21.2 Å². The van der Waals surface area contributed by atoms with Crippen LogP contribution in [0.3, 0.4) is 0 Å². The van der Waals surface area contributed by atoms with Gasteiger partial charge in [0.2, 0.25) is 11.7 Å². The first-order valence-corrected chi connectivity index (χ1v) is 7.41. The van der Waals surface area contributed by atoms with Gasteiger partial charge in [0, 0.05) is 12.2 Å². The van der Waals surface area contributed by atoms with Gasteiger partial charge in [0.1, 0.15) is 5.69 Å². The summed E-state index contributed by atoms with van der Waals surface area (Å²) in [5, 5.41) is 7.72. The minimum Gasteiger partial charge on any atom is -0.337 e. The molecule has 0 amide bonds. The highest BCUT2D eigenvalue weighted by Crippen LogP contribution is 2.38. The van der Waals surface area contributed by atoms with Gasteiger partial charge in [-0.2, -0.15) is 4.98 Å². The summed E-state index contributed by atoms with van der Waals surface area (Å²) in [7, 11) is 0. The van der Waals surface area contributed by atoms with E-state index in [1.807, 2.05) is 18.2 Å². The second-order valence-corrected chi connectivity index (χ2v) is 5.78. The van der Waals surface area contributed by atoms with E-state index < -0.39 is 0 Å². The fraction of sp³-hybridized carbons (Fsp3) is 0.533. The molecule has 1 saturated carbocycles. The maximum atomic E-state index is 5.45. The summed E-state index contributed by atoms with van der Waals surface area (Å²) in [5.41, 5.74) is 0.762. The van der Waals surface area contributed by atoms with Gasteiger partial charge in [0.05, 0.1) is 6.04 Å². The molecule has 0 aromatic carbocycles. The Morgan fingerprint density at radius 1 is 1.20 bits per heavy atom. The normalized spacial score (nSPS) is 29.3. The Morgan fingerprint density at radius 2 is 2.15 bits per heavy atom. The number of nitrogens with zero attached hydrogens (tertiary/aromatic N) is 3. The van der Waals surface area contributed by atoms with Crippen LogP contribution in [0.25, 0.3) is 11.5 Å². The van der Waals surface area contributed by atoms with Crippen LogP contribution >= 0.6 is 0 Å². The number of rotatable bonds is 2. The van der Waals surface area contributed by atoms with Crippen molar-refractivity contribution in [2.45, 2.75) is 44.2 Å². The van der Waals surface area contributed by atoms with Crippen molar-refractivity contribution in [3.05, 3.63) is 30.3 Å². The average molecular weight is 270 g/mol. The van der Waals surface area contributed by atoms with E-state index in [4.69, 9.17) is 4.52 Å². The quantitative estimate of drug-likeness (QED) is 0.909. The highest BCUT2D eigenvalue weighted by Gasteiger charge is 2.38. The first-order valence-electron chi connectivity index (χ1n) is 7.41. The molecule has 3 atom stereocenters. The summed E-state index contributed by atoms with van der Waals surface area (Å²) in [5.74, 6) is 2.07. The summed E-state index contributed by atoms with van der Waals surface area (Å²) in [6.45, 7) is 0. The Bertz CT molecular complexity index is 569. The average Bonchev–Trinajstić information content (AvgIpc) is 3.14. The van der Waals surface area contributed by atoms with Crippen LogP contribution in [0.2, 0.25) is 0 Å². The minimum absolute atomic E-state index is 0.216. The summed E-state index contributed by atoms with van der Waals surface area (Å²) in [4.78, 5) is 8.77. The molecule has 5 heteroatoms. The van der Waals surface area contributed by atoms with Gasteiger partial charge in [-0.05, 0) is 37.3 Å². The van der Waals surface area contributed by atoms with Gasteiger partial charge in [0.15, 0.2) is 0 Å². The third-order valence-electron chi connectivity index (χ3n) is 4.50. The van der Waals surface area contributed by atoms with Gasteiger partial charge in [-0.25, -0.2) is 0 Å². The van der Waals surface area contributed by atoms with E-state index in [0.717, 1.165) is 18.0 Å². The molecule has 0 radical (unpaired) electrons. The highest BCUT2D eigenvalue weighted by molar-refractivity contribution is 5.47. The van der Waals surface area contributed by atoms with Crippen LogP contribution in [0.1, 0.15) is 44.0 Å². The van der Waals surface area contributed by atoms with E-state index in [1.54, 1.807) is 6.20 Å². The Kier molecular flexibility index (Phi) is 2.99. The van der Waals surface area contributed by atoms with Gasteiger partial charge < -0.3 is 9.84 Å². The van der Waals surface area contributed by atoms with Crippen LogP contribution in [0.15, 0.2) is 28.9 Å². The molecular weight excluding hydrogens is 252 g/mol. The fourth-order valence-electron chi connectivity index (χ4n) is 3.49. The second-order valence-electron chi connectivity index (χ2n) is 5.78. The minimum atomic E-state index is 0.216. The summed E-state index contributed by atoms with van der Waals surface area (Å²) < 4.78 is 5.45. The molecule has 1 aliphatic carbocycles. The zero-order valence-electron chi connectivity index (χ0n) is 11.3. The maximum Gasteiger partial charge on any atom is 0.244 e. The van der Waals surface area contributed by atoms with Crippen LogP contribution in [0.4, 0.5) is 0 Å². The number of aromatic nitrogens is 3. The molecule has 0 spiro atoms. The van der Waals surface area contributed by atoms with Crippen LogP contribution in [-0.2, 0) is 0 Å². The Hall–Kier alpha value is -1.75. The molecule has 2 aliphatic rings. The van der Waals surface area contributed by atoms with Gasteiger partial charge >= 0.3 is 0 Å². The maximum absolute atomic E-state index is 5.45. The smallest absolute Gasteiger partial charge is 0.244 e. The molecule has 20 heavy (non-hydrogen) atoms. The van der Waals surface area contributed by atoms with Crippen molar-refractivity contribution in [3.8, 4) is 11.5 Å². The molecule has 1 saturated heterocycles. The van der Waals surface area contributed by atoms with Crippen LogP contribution in [0, 0.1) is 5.92 Å². The van der Waals surface area contributed by atoms with Crippen molar-refractivity contribution in [1.82, 2.24) is 20.4 Å². The lowest BCUT2D eigenvalue weighted by molar-refractivity contribution is 0.324. The lowest BCUT2D eigenvalue weighted by Crippen LogP contribution is -2.30. The molecule has 104 valence electrons. The summed E-state index contributed by atoms with van der Waals surface area (Å²) >= 11 is 0. The second kappa shape index (κ2) is 4.98. The molecule has 1 aliphatic heterocycles.